The number of hydrogen-bond acceptors (Lipinski definition) is 1. The summed E-state index contributed by atoms with van der Waals surface area (Å²) in [6.07, 6.45) is 9.66. The summed E-state index contributed by atoms with van der Waals surface area (Å²) in [6.45, 7) is 5.84. The van der Waals surface area contributed by atoms with Gasteiger partial charge in [-0.3, -0.25) is 0 Å². The molecule has 0 amide bonds. The van der Waals surface area contributed by atoms with Gasteiger partial charge in [0.2, 0.25) is 0 Å². The maximum atomic E-state index is 3.71. The van der Waals surface area contributed by atoms with Gasteiger partial charge in [-0.15, -0.1) is 0 Å². The van der Waals surface area contributed by atoms with Crippen molar-refractivity contribution in [3.05, 3.63) is 0 Å². The predicted octanol–water partition coefficient (Wildman–Crippen LogP) is 3.34. The Morgan fingerprint density at radius 1 is 1.25 bits per heavy atom. The van der Waals surface area contributed by atoms with Crippen molar-refractivity contribution in [3.63, 3.8) is 0 Å². The molecule has 1 nitrogen and oxygen atoms in total. The lowest BCUT2D eigenvalue weighted by atomic mass is 9.87. The predicted molar refractivity (Wildman–Crippen MR) is 56.5 cm³/mol. The molecule has 1 N–H and O–H groups in total. The van der Waals surface area contributed by atoms with Gasteiger partial charge in [-0.05, 0) is 32.2 Å². The lowest BCUT2D eigenvalue weighted by Gasteiger charge is -2.29. The molecule has 0 aromatic rings. The van der Waals surface area contributed by atoms with Crippen LogP contribution in [0.4, 0.5) is 0 Å². The second-order valence-corrected chi connectivity index (χ2v) is 4.16. The molecule has 74 valence electrons. The molecular formula is C11H25N. The zero-order chi connectivity index (χ0) is 8.86. The fraction of sp³-hybridized carbons (Fsp3) is 1.00. The molecule has 1 fully saturated rings. The number of nitrogens with one attached hydrogen (secondary N) is 1. The van der Waals surface area contributed by atoms with Crippen molar-refractivity contribution in [2.75, 3.05) is 6.54 Å². The Labute approximate surface area is 78.4 Å². The Hall–Kier alpha value is -0.0400. The Morgan fingerprint density at radius 2 is 2.08 bits per heavy atom. The highest BCUT2D eigenvalue weighted by molar-refractivity contribution is 4.92. The van der Waals surface area contributed by atoms with Gasteiger partial charge in [-0.2, -0.15) is 0 Å². The van der Waals surface area contributed by atoms with Crippen molar-refractivity contribution >= 4 is 0 Å². The highest BCUT2D eigenvalue weighted by Gasteiger charge is 2.31. The molecule has 0 saturated carbocycles. The first-order valence-electron chi connectivity index (χ1n) is 5.58. The third-order valence-corrected chi connectivity index (χ3v) is 3.07. The Kier molecular flexibility index (Phi) is 4.07. The molecule has 0 aromatic heterocycles. The van der Waals surface area contributed by atoms with E-state index >= 15 is 0 Å². The molecule has 0 aliphatic carbocycles. The summed E-state index contributed by atoms with van der Waals surface area (Å²) in [5, 5.41) is 3.71. The molecule has 1 rings (SSSR count). The quantitative estimate of drug-likeness (QED) is 0.669. The lowest BCUT2D eigenvalue weighted by molar-refractivity contribution is 0.311. The lowest BCUT2D eigenvalue weighted by Crippen LogP contribution is -2.39. The smallest absolute Gasteiger partial charge is 0.0181 e. The van der Waals surface area contributed by atoms with Crippen molar-refractivity contribution in [2.24, 2.45) is 0 Å². The van der Waals surface area contributed by atoms with Gasteiger partial charge in [0.15, 0.2) is 0 Å². The molecule has 0 spiro atoms. The summed E-state index contributed by atoms with van der Waals surface area (Å²) in [5.74, 6) is 0. The van der Waals surface area contributed by atoms with E-state index in [0.717, 1.165) is 0 Å². The van der Waals surface area contributed by atoms with Gasteiger partial charge < -0.3 is 5.32 Å². The van der Waals surface area contributed by atoms with Crippen molar-refractivity contribution < 1.29 is 1.43 Å². The largest absolute Gasteiger partial charge is 0.311 e. The monoisotopic (exact) mass is 171 g/mol. The molecule has 0 aromatic carbocycles. The van der Waals surface area contributed by atoms with Crippen LogP contribution in [0, 0.1) is 0 Å². The van der Waals surface area contributed by atoms with Crippen LogP contribution in [-0.2, 0) is 0 Å². The minimum absolute atomic E-state index is 0. The molecule has 1 atom stereocenters. The summed E-state index contributed by atoms with van der Waals surface area (Å²) in [7, 11) is 0. The highest BCUT2D eigenvalue weighted by atomic mass is 15.0. The Morgan fingerprint density at radius 3 is 2.58 bits per heavy atom. The van der Waals surface area contributed by atoms with Gasteiger partial charge >= 0.3 is 0 Å². The zero-order valence-electron chi connectivity index (χ0n) is 8.66. The fourth-order valence-corrected chi connectivity index (χ4v) is 2.41. The van der Waals surface area contributed by atoms with E-state index < -0.39 is 0 Å². The normalized spacial score (nSPS) is 29.5. The van der Waals surface area contributed by atoms with Crippen molar-refractivity contribution in [1.29, 1.82) is 0 Å². The van der Waals surface area contributed by atoms with E-state index in [1.165, 1.54) is 51.5 Å². The third kappa shape index (κ3) is 2.48. The van der Waals surface area contributed by atoms with E-state index in [0.29, 0.717) is 5.54 Å². The summed E-state index contributed by atoms with van der Waals surface area (Å²) in [4.78, 5) is 0. The maximum absolute atomic E-state index is 3.71. The van der Waals surface area contributed by atoms with Crippen LogP contribution >= 0.6 is 0 Å². The van der Waals surface area contributed by atoms with E-state index in [9.17, 15) is 0 Å². The fourth-order valence-electron chi connectivity index (χ4n) is 2.41. The van der Waals surface area contributed by atoms with Crippen LogP contribution in [0.5, 0.6) is 0 Å². The summed E-state index contributed by atoms with van der Waals surface area (Å²) < 4.78 is 0. The minimum atomic E-state index is 0. The molecule has 1 aliphatic rings. The molecule has 1 unspecified atom stereocenters. The van der Waals surface area contributed by atoms with E-state index in [1.807, 2.05) is 0 Å². The first kappa shape index (κ1) is 10.0. The molecule has 1 heteroatoms. The van der Waals surface area contributed by atoms with Gasteiger partial charge in [-0.1, -0.05) is 33.1 Å². The van der Waals surface area contributed by atoms with Crippen molar-refractivity contribution in [3.8, 4) is 0 Å². The summed E-state index contributed by atoms with van der Waals surface area (Å²) in [5.41, 5.74) is 0.546. The van der Waals surface area contributed by atoms with E-state index in [-0.39, 0.29) is 1.43 Å². The number of unbranched alkanes of at least 4 members (excludes halogenated alkanes) is 1. The summed E-state index contributed by atoms with van der Waals surface area (Å²) >= 11 is 0. The number of hydrogen-bond donors (Lipinski definition) is 1. The van der Waals surface area contributed by atoms with Crippen LogP contribution in [0.2, 0.25) is 0 Å². The summed E-state index contributed by atoms with van der Waals surface area (Å²) in [6, 6.07) is 0. The van der Waals surface area contributed by atoms with E-state index in [2.05, 4.69) is 19.2 Å². The van der Waals surface area contributed by atoms with Crippen LogP contribution in [-0.4, -0.2) is 12.1 Å². The van der Waals surface area contributed by atoms with Crippen LogP contribution in [0.1, 0.15) is 60.2 Å². The van der Waals surface area contributed by atoms with E-state index in [1.54, 1.807) is 0 Å². The molecule has 0 radical (unpaired) electrons. The van der Waals surface area contributed by atoms with Gasteiger partial charge in [0.1, 0.15) is 0 Å². The van der Waals surface area contributed by atoms with Gasteiger partial charge in [0.05, 0.1) is 0 Å². The van der Waals surface area contributed by atoms with Crippen LogP contribution in [0.15, 0.2) is 0 Å². The Bertz CT molecular complexity index is 119. The van der Waals surface area contributed by atoms with Gasteiger partial charge in [0.25, 0.3) is 0 Å². The topological polar surface area (TPSA) is 12.0 Å². The van der Waals surface area contributed by atoms with Crippen molar-refractivity contribution in [2.45, 2.75) is 64.3 Å². The molecule has 12 heavy (non-hydrogen) atoms. The third-order valence-electron chi connectivity index (χ3n) is 3.07. The minimum Gasteiger partial charge on any atom is -0.311 e. The first-order valence-corrected chi connectivity index (χ1v) is 5.58. The second-order valence-electron chi connectivity index (χ2n) is 4.16. The average molecular weight is 171 g/mol. The van der Waals surface area contributed by atoms with E-state index in [4.69, 9.17) is 0 Å². The zero-order valence-corrected chi connectivity index (χ0v) is 8.66. The number of rotatable bonds is 5. The molecule has 0 bridgehead atoms. The van der Waals surface area contributed by atoms with Crippen LogP contribution in [0.25, 0.3) is 0 Å². The Balaban J connectivity index is 0.00000144. The van der Waals surface area contributed by atoms with Gasteiger partial charge in [0, 0.05) is 6.97 Å². The SMILES string of the molecule is CCCCC1(CCC)CCCN1.[HH]. The highest BCUT2D eigenvalue weighted by Crippen LogP contribution is 2.29. The maximum Gasteiger partial charge on any atom is 0.0181 e. The van der Waals surface area contributed by atoms with Gasteiger partial charge in [-0.25, -0.2) is 0 Å². The molecular weight excluding hydrogens is 146 g/mol. The second kappa shape index (κ2) is 4.86. The standard InChI is InChI=1S/C11H23N.H2/c1-3-5-8-11(7-4-2)9-6-10-12-11;/h12H,3-10H2,1-2H3;1H. The average Bonchev–Trinajstić information content (AvgIpc) is 2.51. The first-order chi connectivity index (χ1) is 5.83. The van der Waals surface area contributed by atoms with Crippen molar-refractivity contribution in [1.82, 2.24) is 5.32 Å². The molecule has 1 saturated heterocycles. The van der Waals surface area contributed by atoms with Crippen LogP contribution in [0.3, 0.4) is 0 Å². The molecule has 1 aliphatic heterocycles. The molecule has 1 heterocycles. The van der Waals surface area contributed by atoms with Crippen LogP contribution < -0.4 is 5.32 Å².